The Morgan fingerprint density at radius 2 is 1.91 bits per heavy atom. The van der Waals surface area contributed by atoms with Crippen LogP contribution in [0.25, 0.3) is 5.76 Å². The Morgan fingerprint density at radius 3 is 2.59 bits per heavy atom. The summed E-state index contributed by atoms with van der Waals surface area (Å²) < 4.78 is 33.5. The largest absolute Gasteiger partial charge is 0.507 e. The third kappa shape index (κ3) is 3.71. The molecule has 4 rings (SSSR count). The lowest BCUT2D eigenvalue weighted by Gasteiger charge is -2.25. The predicted molar refractivity (Wildman–Crippen MR) is 113 cm³/mol. The van der Waals surface area contributed by atoms with E-state index in [1.54, 1.807) is 43.3 Å². The zero-order chi connectivity index (χ0) is 22.8. The molecule has 1 aliphatic rings. The average molecular weight is 436 g/mol. The number of aliphatic hydroxyl groups excluding tert-OH is 1. The number of halogens is 2. The lowest BCUT2D eigenvalue weighted by Crippen LogP contribution is -2.30. The number of carbonyl (C=O) groups is 2. The molecule has 8 heteroatoms. The number of pyridine rings is 1. The van der Waals surface area contributed by atoms with Crippen LogP contribution >= 0.6 is 0 Å². The molecule has 32 heavy (non-hydrogen) atoms. The maximum Gasteiger partial charge on any atom is 0.300 e. The van der Waals surface area contributed by atoms with Gasteiger partial charge in [-0.1, -0.05) is 18.2 Å². The highest BCUT2D eigenvalue weighted by atomic mass is 19.1. The molecule has 2 heterocycles. The number of anilines is 1. The van der Waals surface area contributed by atoms with Crippen molar-refractivity contribution in [3.63, 3.8) is 0 Å². The standard InChI is InChI=1S/C24H18F2N2O4/c1-2-32-16-7-5-6-14(12-16)22(29)20-21(18-8-3-4-11-27-18)28(24(31)23(20)30)19-10-9-15(25)13-17(19)26/h3-13,21,29H,2H2,1H3/b22-20+. The van der Waals surface area contributed by atoms with Crippen LogP contribution in [0.2, 0.25) is 0 Å². The highest BCUT2D eigenvalue weighted by molar-refractivity contribution is 6.51. The molecule has 1 N–H and O–H groups in total. The molecule has 1 aliphatic heterocycles. The van der Waals surface area contributed by atoms with Crippen LogP contribution in [0, 0.1) is 11.6 Å². The van der Waals surface area contributed by atoms with Gasteiger partial charge in [0.05, 0.1) is 23.6 Å². The lowest BCUT2D eigenvalue weighted by atomic mass is 9.98. The molecule has 0 saturated carbocycles. The Hall–Kier alpha value is -4.07. The topological polar surface area (TPSA) is 79.7 Å². The zero-order valence-electron chi connectivity index (χ0n) is 17.0. The Labute approximate surface area is 182 Å². The van der Waals surface area contributed by atoms with Crippen LogP contribution in [0.4, 0.5) is 14.5 Å². The van der Waals surface area contributed by atoms with Gasteiger partial charge in [0.25, 0.3) is 11.7 Å². The van der Waals surface area contributed by atoms with E-state index in [0.29, 0.717) is 18.4 Å². The number of hydrogen-bond donors (Lipinski definition) is 1. The number of carbonyl (C=O) groups excluding carboxylic acids is 2. The SMILES string of the molecule is CCOc1cccc(/C(O)=C2\C(=O)C(=O)N(c3ccc(F)cc3F)C2c2ccccn2)c1. The highest BCUT2D eigenvalue weighted by Crippen LogP contribution is 2.42. The summed E-state index contributed by atoms with van der Waals surface area (Å²) in [6.07, 6.45) is 1.45. The number of aromatic nitrogens is 1. The Balaban J connectivity index is 1.93. The third-order valence-electron chi connectivity index (χ3n) is 5.00. The van der Waals surface area contributed by atoms with Crippen molar-refractivity contribution in [2.24, 2.45) is 0 Å². The van der Waals surface area contributed by atoms with Crippen LogP contribution in [0.3, 0.4) is 0 Å². The molecule has 162 valence electrons. The smallest absolute Gasteiger partial charge is 0.300 e. The Morgan fingerprint density at radius 1 is 1.09 bits per heavy atom. The van der Waals surface area contributed by atoms with Gasteiger partial charge in [0.1, 0.15) is 29.2 Å². The fraction of sp³-hybridized carbons (Fsp3) is 0.125. The first kappa shape index (κ1) is 21.2. The molecule has 1 fully saturated rings. The number of ether oxygens (including phenoxy) is 1. The molecule has 1 unspecified atom stereocenters. The monoisotopic (exact) mass is 436 g/mol. The van der Waals surface area contributed by atoms with Crippen LogP contribution < -0.4 is 9.64 Å². The summed E-state index contributed by atoms with van der Waals surface area (Å²) in [5.74, 6) is -3.91. The van der Waals surface area contributed by atoms with Crippen LogP contribution in [-0.2, 0) is 9.59 Å². The van der Waals surface area contributed by atoms with E-state index in [0.717, 1.165) is 17.0 Å². The maximum atomic E-state index is 14.6. The number of hydrogen-bond acceptors (Lipinski definition) is 5. The van der Waals surface area contributed by atoms with E-state index in [9.17, 15) is 23.5 Å². The van der Waals surface area contributed by atoms with Crippen LogP contribution in [0.5, 0.6) is 5.75 Å². The molecule has 1 saturated heterocycles. The molecular formula is C24H18F2N2O4. The summed E-state index contributed by atoms with van der Waals surface area (Å²) in [7, 11) is 0. The van der Waals surface area contributed by atoms with Crippen LogP contribution in [0.15, 0.2) is 72.4 Å². The van der Waals surface area contributed by atoms with Crippen molar-refractivity contribution >= 4 is 23.1 Å². The van der Waals surface area contributed by atoms with Crippen molar-refractivity contribution in [3.8, 4) is 5.75 Å². The van der Waals surface area contributed by atoms with E-state index in [-0.39, 0.29) is 22.5 Å². The number of Topliss-reactive ketones (excluding diaryl/α,β-unsaturated/α-hetero) is 1. The van der Waals surface area contributed by atoms with Gasteiger partial charge in [-0.15, -0.1) is 0 Å². The molecule has 2 aromatic carbocycles. The normalized spacial score (nSPS) is 17.6. The molecule has 1 aromatic heterocycles. The van der Waals surface area contributed by atoms with E-state index in [4.69, 9.17) is 4.74 Å². The van der Waals surface area contributed by atoms with E-state index in [1.807, 2.05) is 0 Å². The number of rotatable bonds is 5. The first-order chi connectivity index (χ1) is 15.4. The van der Waals surface area contributed by atoms with Crippen molar-refractivity contribution < 1.29 is 28.2 Å². The zero-order valence-corrected chi connectivity index (χ0v) is 17.0. The second-order valence-corrected chi connectivity index (χ2v) is 6.98. The van der Waals surface area contributed by atoms with E-state index in [1.165, 1.54) is 12.3 Å². The summed E-state index contributed by atoms with van der Waals surface area (Å²) in [5.41, 5.74) is -0.0789. The van der Waals surface area contributed by atoms with E-state index in [2.05, 4.69) is 4.98 Å². The number of nitrogens with zero attached hydrogens (tertiary/aromatic N) is 2. The molecule has 1 amide bonds. The minimum atomic E-state index is -1.22. The third-order valence-corrected chi connectivity index (χ3v) is 5.00. The van der Waals surface area contributed by atoms with Crippen molar-refractivity contribution in [2.75, 3.05) is 11.5 Å². The number of benzene rings is 2. The maximum absolute atomic E-state index is 14.6. The Kier molecular flexibility index (Phi) is 5.68. The summed E-state index contributed by atoms with van der Waals surface area (Å²) in [6, 6.07) is 12.7. The first-order valence-electron chi connectivity index (χ1n) is 9.82. The van der Waals surface area contributed by atoms with Crippen LogP contribution in [-0.4, -0.2) is 28.4 Å². The number of ketones is 1. The number of aliphatic hydroxyl groups is 1. The first-order valence-corrected chi connectivity index (χ1v) is 9.82. The fourth-order valence-corrected chi connectivity index (χ4v) is 3.63. The average Bonchev–Trinajstić information content (AvgIpc) is 3.05. The van der Waals surface area contributed by atoms with Crippen molar-refractivity contribution in [2.45, 2.75) is 13.0 Å². The van der Waals surface area contributed by atoms with Gasteiger partial charge in [-0.3, -0.25) is 19.5 Å². The second kappa shape index (κ2) is 8.58. The van der Waals surface area contributed by atoms with Crippen molar-refractivity contribution in [1.29, 1.82) is 0 Å². The van der Waals surface area contributed by atoms with Crippen molar-refractivity contribution in [3.05, 3.63) is 95.3 Å². The molecule has 3 aromatic rings. The van der Waals surface area contributed by atoms with Gasteiger partial charge in [0.15, 0.2) is 0 Å². The molecule has 6 nitrogen and oxygen atoms in total. The molecule has 0 bridgehead atoms. The van der Waals surface area contributed by atoms with Crippen molar-refractivity contribution in [1.82, 2.24) is 4.98 Å². The van der Waals surface area contributed by atoms with Gasteiger partial charge in [-0.25, -0.2) is 8.78 Å². The summed E-state index contributed by atoms with van der Waals surface area (Å²) in [4.78, 5) is 31.1. The molecular weight excluding hydrogens is 418 g/mol. The van der Waals surface area contributed by atoms with Gasteiger partial charge in [-0.05, 0) is 43.3 Å². The molecule has 0 radical (unpaired) electrons. The minimum absolute atomic E-state index is 0.234. The van der Waals surface area contributed by atoms with Gasteiger partial charge in [0.2, 0.25) is 0 Å². The predicted octanol–water partition coefficient (Wildman–Crippen LogP) is 4.38. The quantitative estimate of drug-likeness (QED) is 0.365. The lowest BCUT2D eigenvalue weighted by molar-refractivity contribution is -0.132. The fourth-order valence-electron chi connectivity index (χ4n) is 3.63. The Bertz CT molecular complexity index is 1230. The number of amides is 1. The van der Waals surface area contributed by atoms with Gasteiger partial charge >= 0.3 is 0 Å². The van der Waals surface area contributed by atoms with Gasteiger partial charge in [-0.2, -0.15) is 0 Å². The molecule has 0 spiro atoms. The minimum Gasteiger partial charge on any atom is -0.507 e. The van der Waals surface area contributed by atoms with Gasteiger partial charge < -0.3 is 9.84 Å². The van der Waals surface area contributed by atoms with Gasteiger partial charge in [0, 0.05) is 17.8 Å². The summed E-state index contributed by atoms with van der Waals surface area (Å²) in [6.45, 7) is 2.20. The highest BCUT2D eigenvalue weighted by Gasteiger charge is 2.48. The second-order valence-electron chi connectivity index (χ2n) is 6.98. The summed E-state index contributed by atoms with van der Waals surface area (Å²) in [5, 5.41) is 11.1. The van der Waals surface area contributed by atoms with E-state index >= 15 is 0 Å². The molecule has 1 atom stereocenters. The van der Waals surface area contributed by atoms with Crippen LogP contribution in [0.1, 0.15) is 24.2 Å². The molecule has 0 aliphatic carbocycles. The van der Waals surface area contributed by atoms with E-state index < -0.39 is 35.1 Å². The summed E-state index contributed by atoms with van der Waals surface area (Å²) >= 11 is 0.